The summed E-state index contributed by atoms with van der Waals surface area (Å²) in [4.78, 5) is 11.0. The normalized spacial score (nSPS) is 11.0. The summed E-state index contributed by atoms with van der Waals surface area (Å²) in [6.45, 7) is 12.2. The van der Waals surface area contributed by atoms with Gasteiger partial charge in [0.05, 0.1) is 6.61 Å². The van der Waals surface area contributed by atoms with Gasteiger partial charge in [-0.25, -0.2) is 4.79 Å². The summed E-state index contributed by atoms with van der Waals surface area (Å²) >= 11 is 0. The molecule has 0 rings (SSSR count). The van der Waals surface area contributed by atoms with Gasteiger partial charge in [-0.05, 0) is 20.8 Å². The van der Waals surface area contributed by atoms with Crippen molar-refractivity contribution in [3.63, 3.8) is 0 Å². The summed E-state index contributed by atoms with van der Waals surface area (Å²) < 4.78 is 20.3. The van der Waals surface area contributed by atoms with Crippen molar-refractivity contribution in [2.75, 3.05) is 20.2 Å². The number of hydrogen-bond acceptors (Lipinski definition) is 5. The Morgan fingerprint density at radius 1 is 1.29 bits per heavy atom. The molecule has 0 fully saturated rings. The molecular formula is C12H20O5. The van der Waals surface area contributed by atoms with Crippen LogP contribution < -0.4 is 0 Å². The Bertz CT molecular complexity index is 270. The Hall–Kier alpha value is -1.17. The maximum atomic E-state index is 11.0. The lowest BCUT2D eigenvalue weighted by Crippen LogP contribution is -2.31. The SMILES string of the molecule is C=CCOCOC(C)(C)OCOC(=O)C(=C)C. The van der Waals surface area contributed by atoms with Crippen LogP contribution in [0.25, 0.3) is 0 Å². The van der Waals surface area contributed by atoms with Crippen LogP contribution in [0.3, 0.4) is 0 Å². The molecule has 98 valence electrons. The number of ether oxygens (including phenoxy) is 4. The van der Waals surface area contributed by atoms with Gasteiger partial charge in [0, 0.05) is 5.57 Å². The summed E-state index contributed by atoms with van der Waals surface area (Å²) in [5.74, 6) is -1.39. The molecule has 0 heterocycles. The second kappa shape index (κ2) is 8.00. The topological polar surface area (TPSA) is 54.0 Å². The van der Waals surface area contributed by atoms with E-state index in [4.69, 9.17) is 18.9 Å². The summed E-state index contributed by atoms with van der Waals surface area (Å²) in [6, 6.07) is 0. The van der Waals surface area contributed by atoms with Crippen molar-refractivity contribution in [1.29, 1.82) is 0 Å². The zero-order valence-electron chi connectivity index (χ0n) is 10.7. The molecule has 0 aliphatic heterocycles. The van der Waals surface area contributed by atoms with E-state index in [0.717, 1.165) is 0 Å². The van der Waals surface area contributed by atoms with Crippen molar-refractivity contribution in [1.82, 2.24) is 0 Å². The van der Waals surface area contributed by atoms with Crippen LogP contribution >= 0.6 is 0 Å². The van der Waals surface area contributed by atoms with Crippen LogP contribution in [-0.4, -0.2) is 31.9 Å². The molecule has 0 N–H and O–H groups in total. The Balaban J connectivity index is 3.73. The minimum Gasteiger partial charge on any atom is -0.435 e. The minimum absolute atomic E-state index is 0.0768. The van der Waals surface area contributed by atoms with E-state index in [1.54, 1.807) is 26.8 Å². The highest BCUT2D eigenvalue weighted by Crippen LogP contribution is 2.11. The number of rotatable bonds is 9. The van der Waals surface area contributed by atoms with Gasteiger partial charge in [0.15, 0.2) is 19.4 Å². The molecule has 0 aromatic rings. The molecule has 0 saturated heterocycles. The average Bonchev–Trinajstić information content (AvgIpc) is 2.24. The Morgan fingerprint density at radius 2 is 1.88 bits per heavy atom. The van der Waals surface area contributed by atoms with Gasteiger partial charge in [0.2, 0.25) is 0 Å². The number of esters is 1. The van der Waals surface area contributed by atoms with E-state index in [2.05, 4.69) is 13.2 Å². The van der Waals surface area contributed by atoms with Crippen molar-refractivity contribution < 1.29 is 23.7 Å². The summed E-state index contributed by atoms with van der Waals surface area (Å²) in [6.07, 6.45) is 1.62. The van der Waals surface area contributed by atoms with Gasteiger partial charge in [-0.1, -0.05) is 12.7 Å². The third-order valence-corrected chi connectivity index (χ3v) is 1.67. The highest BCUT2D eigenvalue weighted by Gasteiger charge is 2.19. The highest BCUT2D eigenvalue weighted by atomic mass is 16.8. The third-order valence-electron chi connectivity index (χ3n) is 1.67. The molecular weight excluding hydrogens is 224 g/mol. The van der Waals surface area contributed by atoms with Crippen molar-refractivity contribution in [2.45, 2.75) is 26.6 Å². The second-order valence-corrected chi connectivity index (χ2v) is 3.80. The predicted molar refractivity (Wildman–Crippen MR) is 63.0 cm³/mol. The first-order valence-electron chi connectivity index (χ1n) is 5.18. The Kier molecular flexibility index (Phi) is 7.45. The quantitative estimate of drug-likeness (QED) is 0.204. The molecule has 17 heavy (non-hydrogen) atoms. The van der Waals surface area contributed by atoms with E-state index in [-0.39, 0.29) is 13.6 Å². The van der Waals surface area contributed by atoms with Crippen LogP contribution in [0, 0.1) is 0 Å². The molecule has 0 aliphatic rings. The summed E-state index contributed by atoms with van der Waals surface area (Å²) in [7, 11) is 0. The highest BCUT2D eigenvalue weighted by molar-refractivity contribution is 5.86. The van der Waals surface area contributed by atoms with E-state index in [1.807, 2.05) is 0 Å². The zero-order valence-corrected chi connectivity index (χ0v) is 10.7. The fraction of sp³-hybridized carbons (Fsp3) is 0.583. The molecule has 0 amide bonds. The summed E-state index contributed by atoms with van der Waals surface area (Å²) in [5, 5.41) is 0. The molecule has 0 radical (unpaired) electrons. The molecule has 0 spiro atoms. The molecule has 0 aliphatic carbocycles. The maximum absolute atomic E-state index is 11.0. The lowest BCUT2D eigenvalue weighted by Gasteiger charge is -2.24. The molecule has 0 unspecified atom stereocenters. The van der Waals surface area contributed by atoms with E-state index in [9.17, 15) is 4.79 Å². The minimum atomic E-state index is -0.892. The average molecular weight is 244 g/mol. The van der Waals surface area contributed by atoms with Crippen LogP contribution in [0.5, 0.6) is 0 Å². The van der Waals surface area contributed by atoms with Gasteiger partial charge < -0.3 is 18.9 Å². The van der Waals surface area contributed by atoms with Crippen LogP contribution in [0.1, 0.15) is 20.8 Å². The molecule has 0 atom stereocenters. The van der Waals surface area contributed by atoms with Gasteiger partial charge in [0.1, 0.15) is 0 Å². The first kappa shape index (κ1) is 15.8. The van der Waals surface area contributed by atoms with Gasteiger partial charge in [-0.3, -0.25) is 0 Å². The van der Waals surface area contributed by atoms with Gasteiger partial charge >= 0.3 is 5.97 Å². The predicted octanol–water partition coefficient (Wildman–Crippen LogP) is 1.99. The number of carbonyl (C=O) groups is 1. The Labute approximate surface area is 102 Å². The third kappa shape index (κ3) is 8.62. The van der Waals surface area contributed by atoms with E-state index in [1.165, 1.54) is 0 Å². The van der Waals surface area contributed by atoms with E-state index >= 15 is 0 Å². The number of carbonyl (C=O) groups excluding carboxylic acids is 1. The van der Waals surface area contributed by atoms with Crippen molar-refractivity contribution in [3.05, 3.63) is 24.8 Å². The van der Waals surface area contributed by atoms with Crippen LogP contribution in [-0.2, 0) is 23.7 Å². The molecule has 5 heteroatoms. The van der Waals surface area contributed by atoms with Gasteiger partial charge in [-0.15, -0.1) is 6.58 Å². The van der Waals surface area contributed by atoms with Crippen molar-refractivity contribution in [3.8, 4) is 0 Å². The monoisotopic (exact) mass is 244 g/mol. The van der Waals surface area contributed by atoms with E-state index in [0.29, 0.717) is 12.2 Å². The molecule has 0 aromatic carbocycles. The lowest BCUT2D eigenvalue weighted by molar-refractivity contribution is -0.275. The first-order chi connectivity index (χ1) is 7.89. The smallest absolute Gasteiger partial charge is 0.335 e. The van der Waals surface area contributed by atoms with Crippen molar-refractivity contribution >= 4 is 5.97 Å². The maximum Gasteiger partial charge on any atom is 0.335 e. The molecule has 0 aromatic heterocycles. The number of hydrogen-bond donors (Lipinski definition) is 0. The molecule has 5 nitrogen and oxygen atoms in total. The Morgan fingerprint density at radius 3 is 2.41 bits per heavy atom. The van der Waals surface area contributed by atoms with E-state index < -0.39 is 11.8 Å². The first-order valence-corrected chi connectivity index (χ1v) is 5.18. The molecule has 0 bridgehead atoms. The summed E-state index contributed by atoms with van der Waals surface area (Å²) in [5.41, 5.74) is 0.321. The molecule has 0 saturated carbocycles. The largest absolute Gasteiger partial charge is 0.435 e. The second-order valence-electron chi connectivity index (χ2n) is 3.80. The standard InChI is InChI=1S/C12H20O5/c1-6-7-14-8-16-12(4,5)17-9-15-11(13)10(2)3/h6H,1-2,7-9H2,3-5H3. The van der Waals surface area contributed by atoms with Gasteiger partial charge in [0.25, 0.3) is 0 Å². The van der Waals surface area contributed by atoms with Crippen LogP contribution in [0.4, 0.5) is 0 Å². The van der Waals surface area contributed by atoms with Crippen LogP contribution in [0.2, 0.25) is 0 Å². The fourth-order valence-corrected chi connectivity index (χ4v) is 0.705. The fourth-order valence-electron chi connectivity index (χ4n) is 0.705. The van der Waals surface area contributed by atoms with Gasteiger partial charge in [-0.2, -0.15) is 0 Å². The zero-order chi connectivity index (χ0) is 13.3. The van der Waals surface area contributed by atoms with Crippen LogP contribution in [0.15, 0.2) is 24.8 Å². The lowest BCUT2D eigenvalue weighted by atomic mass is 10.4. The van der Waals surface area contributed by atoms with Crippen molar-refractivity contribution in [2.24, 2.45) is 0 Å².